The number of halogens is 1. The van der Waals surface area contributed by atoms with Crippen molar-refractivity contribution in [2.24, 2.45) is 4.99 Å². The largest absolute Gasteiger partial charge is 0.359 e. The first kappa shape index (κ1) is 15.6. The Bertz CT molecular complexity index is 624. The minimum atomic E-state index is 0.563. The van der Waals surface area contributed by atoms with E-state index in [2.05, 4.69) is 42.4 Å². The molecule has 0 aliphatic rings. The smallest absolute Gasteiger partial charge is 0.194 e. The summed E-state index contributed by atoms with van der Waals surface area (Å²) < 4.78 is 6.28. The highest BCUT2D eigenvalue weighted by Crippen LogP contribution is 2.17. The van der Waals surface area contributed by atoms with Gasteiger partial charge in [-0.3, -0.25) is 4.99 Å². The third-order valence-electron chi connectivity index (χ3n) is 3.04. The van der Waals surface area contributed by atoms with Gasteiger partial charge in [-0.2, -0.15) is 0 Å². The number of benzene rings is 1. The highest BCUT2D eigenvalue weighted by atomic mass is 79.9. The van der Waals surface area contributed by atoms with Crippen molar-refractivity contribution in [1.29, 1.82) is 0 Å². The zero-order valence-corrected chi connectivity index (χ0v) is 14.0. The van der Waals surface area contributed by atoms with Crippen LogP contribution in [0.2, 0.25) is 0 Å². The number of guanidine groups is 1. The van der Waals surface area contributed by atoms with Gasteiger partial charge in [0.1, 0.15) is 0 Å². The zero-order valence-electron chi connectivity index (χ0n) is 12.4. The molecule has 0 aliphatic carbocycles. The van der Waals surface area contributed by atoms with Gasteiger partial charge in [-0.1, -0.05) is 39.3 Å². The number of aromatic nitrogens is 1. The molecule has 1 aromatic carbocycles. The highest BCUT2D eigenvalue weighted by molar-refractivity contribution is 9.10. The van der Waals surface area contributed by atoms with E-state index in [-0.39, 0.29) is 0 Å². The summed E-state index contributed by atoms with van der Waals surface area (Å²) in [6, 6.07) is 10.1. The van der Waals surface area contributed by atoms with Gasteiger partial charge in [0, 0.05) is 31.2 Å². The van der Waals surface area contributed by atoms with Crippen LogP contribution in [0.4, 0.5) is 0 Å². The van der Waals surface area contributed by atoms with Crippen LogP contribution >= 0.6 is 15.9 Å². The summed E-state index contributed by atoms with van der Waals surface area (Å²) in [7, 11) is 3.77. The number of nitrogens with one attached hydrogen (secondary N) is 1. The molecule has 6 heteroatoms. The molecule has 0 amide bonds. The maximum absolute atomic E-state index is 5.18. The first-order chi connectivity index (χ1) is 10.1. The van der Waals surface area contributed by atoms with Gasteiger partial charge in [-0.25, -0.2) is 0 Å². The average Bonchev–Trinajstić information content (AvgIpc) is 2.88. The van der Waals surface area contributed by atoms with Crippen LogP contribution in [0.5, 0.6) is 0 Å². The molecular weight excluding hydrogens is 332 g/mol. The summed E-state index contributed by atoms with van der Waals surface area (Å²) in [4.78, 5) is 6.35. The highest BCUT2D eigenvalue weighted by Gasteiger charge is 2.09. The lowest BCUT2D eigenvalue weighted by molar-refractivity contribution is 0.373. The number of hydrogen-bond acceptors (Lipinski definition) is 3. The molecule has 1 aromatic heterocycles. The molecule has 21 heavy (non-hydrogen) atoms. The average molecular weight is 351 g/mol. The summed E-state index contributed by atoms with van der Waals surface area (Å²) in [6.07, 6.45) is 0. The monoisotopic (exact) mass is 350 g/mol. The fraction of sp³-hybridized carbons (Fsp3) is 0.333. The molecule has 0 bridgehead atoms. The maximum atomic E-state index is 5.18. The molecule has 1 N–H and O–H groups in total. The van der Waals surface area contributed by atoms with Crippen LogP contribution < -0.4 is 5.32 Å². The van der Waals surface area contributed by atoms with E-state index in [4.69, 9.17) is 4.52 Å². The number of hydrogen-bond donors (Lipinski definition) is 1. The Hall–Kier alpha value is -1.82. The lowest BCUT2D eigenvalue weighted by Crippen LogP contribution is -2.38. The fourth-order valence-corrected chi connectivity index (χ4v) is 2.42. The van der Waals surface area contributed by atoms with E-state index in [9.17, 15) is 0 Å². The van der Waals surface area contributed by atoms with Crippen molar-refractivity contribution in [1.82, 2.24) is 15.4 Å². The lowest BCUT2D eigenvalue weighted by Gasteiger charge is -2.22. The number of rotatable bonds is 4. The summed E-state index contributed by atoms with van der Waals surface area (Å²) >= 11 is 3.56. The van der Waals surface area contributed by atoms with Gasteiger partial charge in [0.15, 0.2) is 11.7 Å². The Balaban J connectivity index is 1.96. The molecule has 0 fully saturated rings. The number of nitrogens with zero attached hydrogens (tertiary/aromatic N) is 3. The maximum Gasteiger partial charge on any atom is 0.194 e. The Morgan fingerprint density at radius 2 is 2.19 bits per heavy atom. The van der Waals surface area contributed by atoms with E-state index in [1.165, 1.54) is 5.56 Å². The van der Waals surface area contributed by atoms with E-state index in [0.717, 1.165) is 28.4 Å². The molecule has 5 nitrogen and oxygen atoms in total. The summed E-state index contributed by atoms with van der Waals surface area (Å²) in [5.41, 5.74) is 2.09. The second-order valence-electron chi connectivity index (χ2n) is 4.78. The van der Waals surface area contributed by atoms with Gasteiger partial charge < -0.3 is 14.7 Å². The molecule has 112 valence electrons. The molecule has 2 aromatic rings. The molecule has 0 atom stereocenters. The van der Waals surface area contributed by atoms with Crippen molar-refractivity contribution in [2.75, 3.05) is 14.1 Å². The standard InChI is InChI=1S/C15H19BrN4O/c1-11-8-13(21-19-11)9-18-15(17-2)20(3)10-12-6-4-5-7-14(12)16/h4-8H,9-10H2,1-3H3,(H,17,18). The van der Waals surface area contributed by atoms with Crippen molar-refractivity contribution >= 4 is 21.9 Å². The zero-order chi connectivity index (χ0) is 15.2. The van der Waals surface area contributed by atoms with E-state index < -0.39 is 0 Å². The fourth-order valence-electron chi connectivity index (χ4n) is 2.01. The Kier molecular flexibility index (Phi) is 5.38. The SMILES string of the molecule is CN=C(NCc1cc(C)no1)N(C)Cc1ccccc1Br. The van der Waals surface area contributed by atoms with Crippen LogP contribution in [0.1, 0.15) is 17.0 Å². The Labute approximate surface area is 133 Å². The van der Waals surface area contributed by atoms with Crippen LogP contribution in [-0.4, -0.2) is 30.1 Å². The third kappa shape index (κ3) is 4.32. The van der Waals surface area contributed by atoms with Gasteiger partial charge in [0.2, 0.25) is 0 Å². The molecule has 2 rings (SSSR count). The summed E-state index contributed by atoms with van der Waals surface area (Å²) in [5, 5.41) is 7.14. The molecule has 0 aliphatic heterocycles. The summed E-state index contributed by atoms with van der Waals surface area (Å²) in [6.45, 7) is 3.23. The van der Waals surface area contributed by atoms with Gasteiger partial charge >= 0.3 is 0 Å². The molecule has 0 spiro atoms. The quantitative estimate of drug-likeness (QED) is 0.680. The van der Waals surface area contributed by atoms with Gasteiger partial charge in [-0.05, 0) is 18.6 Å². The molecule has 0 unspecified atom stereocenters. The van der Waals surface area contributed by atoms with Crippen LogP contribution in [-0.2, 0) is 13.1 Å². The first-order valence-corrected chi connectivity index (χ1v) is 7.47. The second kappa shape index (κ2) is 7.26. The topological polar surface area (TPSA) is 53.7 Å². The predicted octanol–water partition coefficient (Wildman–Crippen LogP) is 2.95. The molecule has 0 radical (unpaired) electrons. The van der Waals surface area contributed by atoms with Crippen molar-refractivity contribution in [2.45, 2.75) is 20.0 Å². The second-order valence-corrected chi connectivity index (χ2v) is 5.64. The van der Waals surface area contributed by atoms with Gasteiger partial charge in [0.05, 0.1) is 12.2 Å². The Morgan fingerprint density at radius 3 is 2.81 bits per heavy atom. The minimum Gasteiger partial charge on any atom is -0.359 e. The molecule has 0 saturated carbocycles. The van der Waals surface area contributed by atoms with Crippen molar-refractivity contribution in [3.05, 3.63) is 51.8 Å². The molecule has 0 saturated heterocycles. The van der Waals surface area contributed by atoms with Crippen molar-refractivity contribution in [3.8, 4) is 0 Å². The summed E-state index contributed by atoms with van der Waals surface area (Å²) in [5.74, 6) is 1.60. The van der Waals surface area contributed by atoms with E-state index in [1.54, 1.807) is 7.05 Å². The van der Waals surface area contributed by atoms with E-state index >= 15 is 0 Å². The van der Waals surface area contributed by atoms with Crippen LogP contribution in [0.3, 0.4) is 0 Å². The Morgan fingerprint density at radius 1 is 1.43 bits per heavy atom. The van der Waals surface area contributed by atoms with Gasteiger partial charge in [0.25, 0.3) is 0 Å². The van der Waals surface area contributed by atoms with Crippen LogP contribution in [0.25, 0.3) is 0 Å². The van der Waals surface area contributed by atoms with E-state index in [1.807, 2.05) is 38.2 Å². The van der Waals surface area contributed by atoms with Crippen molar-refractivity contribution < 1.29 is 4.52 Å². The van der Waals surface area contributed by atoms with E-state index in [0.29, 0.717) is 6.54 Å². The molecular formula is C15H19BrN4O. The van der Waals surface area contributed by atoms with Crippen LogP contribution in [0.15, 0.2) is 44.3 Å². The first-order valence-electron chi connectivity index (χ1n) is 6.67. The normalized spacial score (nSPS) is 11.5. The van der Waals surface area contributed by atoms with Crippen molar-refractivity contribution in [3.63, 3.8) is 0 Å². The van der Waals surface area contributed by atoms with Gasteiger partial charge in [-0.15, -0.1) is 0 Å². The molecule has 1 heterocycles. The number of aryl methyl sites for hydroxylation is 1. The third-order valence-corrected chi connectivity index (χ3v) is 3.81. The minimum absolute atomic E-state index is 0.563. The van der Waals surface area contributed by atoms with Crippen LogP contribution in [0, 0.1) is 6.92 Å². The lowest BCUT2D eigenvalue weighted by atomic mass is 10.2. The number of aliphatic imine (C=N–C) groups is 1. The predicted molar refractivity (Wildman–Crippen MR) is 87.0 cm³/mol.